The third-order valence-corrected chi connectivity index (χ3v) is 13.1. The number of hydrogen-bond acceptors (Lipinski definition) is 11. The molecular formula is C50H57N3O10. The second-order valence-electron chi connectivity index (χ2n) is 17.0. The highest BCUT2D eigenvalue weighted by Crippen LogP contribution is 2.62. The van der Waals surface area contributed by atoms with Gasteiger partial charge in [0.15, 0.2) is 0 Å². The third-order valence-electron chi connectivity index (χ3n) is 13.1. The number of nitrogens with zero attached hydrogens (tertiary/aromatic N) is 3. The van der Waals surface area contributed by atoms with Crippen LogP contribution >= 0.6 is 0 Å². The lowest BCUT2D eigenvalue weighted by Crippen LogP contribution is -2.69. The molecule has 7 atom stereocenters. The van der Waals surface area contributed by atoms with E-state index in [1.165, 1.54) is 12.1 Å². The molecule has 0 bridgehead atoms. The van der Waals surface area contributed by atoms with Crippen molar-refractivity contribution in [1.29, 1.82) is 0 Å². The molecule has 4 aromatic rings. The van der Waals surface area contributed by atoms with Gasteiger partial charge in [-0.3, -0.25) is 14.9 Å². The first-order chi connectivity index (χ1) is 30.7. The normalized spacial score (nSPS) is 25.6. The lowest BCUT2D eigenvalue weighted by molar-refractivity contribution is -0.384. The summed E-state index contributed by atoms with van der Waals surface area (Å²) in [6.07, 6.45) is 10.7. The number of ether oxygens (including phenoxy) is 4. The summed E-state index contributed by atoms with van der Waals surface area (Å²) in [5.41, 5.74) is 2.89. The van der Waals surface area contributed by atoms with Crippen LogP contribution < -0.4 is 9.47 Å². The summed E-state index contributed by atoms with van der Waals surface area (Å²) in [5, 5.41) is 38.5. The SMILES string of the molecule is C=CCOC12Oc3ccc(Oc4cccc([N+](=O)[O-])c4)cc3C3C(CCCCO)C(CCCCO)C=C(C(=NOC4CCCCO4)CC1N(C)C(=O)c1ccc4ccccc4c1)C32. The molecule has 0 spiro atoms. The zero-order valence-electron chi connectivity index (χ0n) is 35.8. The Balaban J connectivity index is 1.31. The Morgan fingerprint density at radius 2 is 1.76 bits per heavy atom. The number of rotatable bonds is 18. The molecule has 13 heteroatoms. The second-order valence-corrected chi connectivity index (χ2v) is 17.0. The molecule has 0 radical (unpaired) electrons. The molecule has 13 nitrogen and oxygen atoms in total. The summed E-state index contributed by atoms with van der Waals surface area (Å²) in [7, 11) is 1.79. The van der Waals surface area contributed by atoms with Crippen LogP contribution in [0.4, 0.5) is 5.69 Å². The van der Waals surface area contributed by atoms with E-state index in [-0.39, 0.29) is 55.6 Å². The molecule has 2 aliphatic carbocycles. The van der Waals surface area contributed by atoms with Crippen LogP contribution in [0.1, 0.15) is 86.0 Å². The van der Waals surface area contributed by atoms with E-state index in [1.807, 2.05) is 54.6 Å². The molecule has 0 aromatic heterocycles. The number of likely N-dealkylation sites (N-methyl/N-ethyl adjacent to an activating group) is 1. The van der Waals surface area contributed by atoms with Gasteiger partial charge in [0.05, 0.1) is 35.8 Å². The molecular weight excluding hydrogens is 803 g/mol. The minimum absolute atomic E-state index is 0.00416. The van der Waals surface area contributed by atoms with E-state index in [0.29, 0.717) is 54.4 Å². The van der Waals surface area contributed by atoms with Gasteiger partial charge in [-0.2, -0.15) is 0 Å². The summed E-state index contributed by atoms with van der Waals surface area (Å²) >= 11 is 0. The minimum Gasteiger partial charge on any atom is -0.459 e. The number of carbonyl (C=O) groups excluding carboxylic acids is 1. The molecule has 2 N–H and O–H groups in total. The highest BCUT2D eigenvalue weighted by Gasteiger charge is 2.65. The molecule has 2 fully saturated rings. The molecule has 1 saturated heterocycles. The number of oxime groups is 1. The average molecular weight is 860 g/mol. The van der Waals surface area contributed by atoms with E-state index in [9.17, 15) is 25.1 Å². The van der Waals surface area contributed by atoms with Crippen LogP contribution in [0.15, 0.2) is 114 Å². The maximum absolute atomic E-state index is 14.9. The quantitative estimate of drug-likeness (QED) is 0.0427. The number of allylic oxidation sites excluding steroid dienone is 1. The lowest BCUT2D eigenvalue weighted by Gasteiger charge is -2.59. The third kappa shape index (κ3) is 9.24. The van der Waals surface area contributed by atoms with Gasteiger partial charge in [0.2, 0.25) is 12.1 Å². The maximum Gasteiger partial charge on any atom is 0.273 e. The molecule has 63 heavy (non-hydrogen) atoms. The van der Waals surface area contributed by atoms with Gasteiger partial charge < -0.3 is 38.9 Å². The minimum atomic E-state index is -1.44. The van der Waals surface area contributed by atoms with Gasteiger partial charge in [-0.25, -0.2) is 0 Å². The number of carbonyl (C=O) groups is 1. The van der Waals surface area contributed by atoms with Crippen LogP contribution in [-0.2, 0) is 14.3 Å². The van der Waals surface area contributed by atoms with Crippen molar-refractivity contribution in [3.05, 3.63) is 130 Å². The van der Waals surface area contributed by atoms with E-state index >= 15 is 0 Å². The molecule has 2 heterocycles. The van der Waals surface area contributed by atoms with E-state index in [0.717, 1.165) is 60.4 Å². The van der Waals surface area contributed by atoms with Gasteiger partial charge in [0, 0.05) is 56.2 Å². The highest BCUT2D eigenvalue weighted by molar-refractivity contribution is 6.04. The van der Waals surface area contributed by atoms with Gasteiger partial charge >= 0.3 is 0 Å². The fraction of sp³-hybridized carbons (Fsp3) is 0.440. The summed E-state index contributed by atoms with van der Waals surface area (Å²) in [5.74, 6) is -1.07. The van der Waals surface area contributed by atoms with Crippen LogP contribution in [0, 0.1) is 27.9 Å². The van der Waals surface area contributed by atoms with Crippen molar-refractivity contribution in [3.8, 4) is 17.2 Å². The van der Waals surface area contributed by atoms with Crippen molar-refractivity contribution in [1.82, 2.24) is 4.90 Å². The maximum atomic E-state index is 14.9. The van der Waals surface area contributed by atoms with Gasteiger partial charge in [-0.1, -0.05) is 66.5 Å². The predicted molar refractivity (Wildman–Crippen MR) is 239 cm³/mol. The van der Waals surface area contributed by atoms with Crippen molar-refractivity contribution < 1.29 is 43.7 Å². The second kappa shape index (κ2) is 19.8. The molecule has 4 aliphatic rings. The van der Waals surface area contributed by atoms with Crippen molar-refractivity contribution in [2.24, 2.45) is 22.9 Å². The number of fused-ring (bicyclic) bond motifs is 3. The molecule has 1 saturated carbocycles. The van der Waals surface area contributed by atoms with E-state index in [2.05, 4.69) is 12.7 Å². The number of non-ortho nitro benzene ring substituents is 1. The molecule has 7 unspecified atom stereocenters. The number of hydrogen-bond donors (Lipinski definition) is 2. The van der Waals surface area contributed by atoms with Gasteiger partial charge in [0.1, 0.15) is 23.3 Å². The number of unbranched alkanes of at least 4 members (excludes halogenated alkanes) is 2. The molecule has 1 amide bonds. The summed E-state index contributed by atoms with van der Waals surface area (Å²) in [6.45, 7) is 4.88. The highest BCUT2D eigenvalue weighted by atomic mass is 16.8. The Morgan fingerprint density at radius 1 is 0.968 bits per heavy atom. The van der Waals surface area contributed by atoms with Crippen LogP contribution in [0.2, 0.25) is 0 Å². The van der Waals surface area contributed by atoms with Crippen molar-refractivity contribution in [2.75, 3.05) is 33.5 Å². The number of aliphatic hydroxyl groups is 2. The van der Waals surface area contributed by atoms with Crippen LogP contribution in [0.3, 0.4) is 0 Å². The van der Waals surface area contributed by atoms with E-state index in [4.69, 9.17) is 28.9 Å². The van der Waals surface area contributed by atoms with Gasteiger partial charge in [-0.15, -0.1) is 6.58 Å². The number of nitro benzene ring substituents is 1. The fourth-order valence-corrected chi connectivity index (χ4v) is 10.2. The number of benzene rings is 4. The summed E-state index contributed by atoms with van der Waals surface area (Å²) in [4.78, 5) is 34.1. The summed E-state index contributed by atoms with van der Waals surface area (Å²) in [6, 6.07) is 24.6. The Kier molecular flexibility index (Phi) is 13.9. The zero-order valence-corrected chi connectivity index (χ0v) is 35.8. The lowest BCUT2D eigenvalue weighted by atomic mass is 9.55. The standard InChI is InChI=1S/C50H57N3O10/c1-3-26-60-50-45(52(2)49(56)36-21-20-33-13-4-5-14-34(33)28-36)32-43(51-63-46-19-8-11-27-59-46)41-29-35(15-6-9-24-54)40(18-7-10-25-55)47(48(41)50)42-31-39(22-23-44(42)62-50)61-38-17-12-16-37(30-38)53(57)58/h3-5,12-14,16-17,20-23,28-31,35,40,45-48,54-55H,1,6-11,15,18-19,24-27,32H2,2H3. The van der Waals surface area contributed by atoms with Crippen molar-refractivity contribution >= 4 is 28.1 Å². The fourth-order valence-electron chi connectivity index (χ4n) is 10.2. The number of aliphatic hydroxyl groups excluding tert-OH is 2. The van der Waals surface area contributed by atoms with Crippen molar-refractivity contribution in [2.45, 2.75) is 88.2 Å². The van der Waals surface area contributed by atoms with Crippen LogP contribution in [-0.4, -0.2) is 83.2 Å². The van der Waals surface area contributed by atoms with E-state index in [1.54, 1.807) is 36.2 Å². The Labute approximate surface area is 368 Å². The molecule has 8 rings (SSSR count). The zero-order chi connectivity index (χ0) is 43.9. The smallest absolute Gasteiger partial charge is 0.273 e. The topological polar surface area (TPSA) is 162 Å². The number of amides is 1. The monoisotopic (exact) mass is 859 g/mol. The van der Waals surface area contributed by atoms with Crippen LogP contribution in [0.25, 0.3) is 10.8 Å². The van der Waals surface area contributed by atoms with Crippen LogP contribution in [0.5, 0.6) is 17.2 Å². The largest absolute Gasteiger partial charge is 0.459 e. The number of nitro groups is 1. The van der Waals surface area contributed by atoms with Gasteiger partial charge in [0.25, 0.3) is 11.6 Å². The first kappa shape index (κ1) is 44.0. The molecule has 4 aromatic carbocycles. The Morgan fingerprint density at radius 3 is 2.52 bits per heavy atom. The Hall–Kier alpha value is -5.60. The summed E-state index contributed by atoms with van der Waals surface area (Å²) < 4.78 is 26.7. The molecule has 2 aliphatic heterocycles. The predicted octanol–water partition coefficient (Wildman–Crippen LogP) is 9.47. The first-order valence-electron chi connectivity index (χ1n) is 22.3. The first-order valence-corrected chi connectivity index (χ1v) is 22.3. The average Bonchev–Trinajstić information content (AvgIpc) is 3.31. The van der Waals surface area contributed by atoms with Crippen molar-refractivity contribution in [3.63, 3.8) is 0 Å². The van der Waals surface area contributed by atoms with E-state index < -0.39 is 29.0 Å². The van der Waals surface area contributed by atoms with Gasteiger partial charge in [-0.05, 0) is 103 Å². The molecule has 332 valence electrons. The Bertz CT molecular complexity index is 2340.